The average molecular weight is 272 g/mol. The largest absolute Gasteiger partial charge is 0.245 e. The molecule has 0 aliphatic heterocycles. The second kappa shape index (κ2) is 6.12. The molecular weight excluding hydrogens is 256 g/mol. The molecule has 1 heterocycles. The second-order valence-corrected chi connectivity index (χ2v) is 7.26. The van der Waals surface area contributed by atoms with E-state index in [9.17, 15) is 8.42 Å². The van der Waals surface area contributed by atoms with Crippen LogP contribution < -0.4 is 0 Å². The number of aromatic nitrogens is 1. The Morgan fingerprint density at radius 3 is 2.65 bits per heavy atom. The van der Waals surface area contributed by atoms with Crippen LogP contribution in [-0.2, 0) is 28.4 Å². The zero-order valence-corrected chi connectivity index (χ0v) is 11.7. The first-order valence-corrected chi connectivity index (χ1v) is 8.21. The van der Waals surface area contributed by atoms with Gasteiger partial charge in [-0.1, -0.05) is 20.3 Å². The standard InChI is InChI=1S/C11H16N2O2S2/c1-3-5-9-10(6-7-12)16-11(13-9)8-17(14,15)4-2/h3-6,8H2,1-2H3. The summed E-state index contributed by atoms with van der Waals surface area (Å²) >= 11 is 1.35. The van der Waals surface area contributed by atoms with Crippen LogP contribution in [0.4, 0.5) is 0 Å². The molecule has 0 amide bonds. The maximum absolute atomic E-state index is 11.5. The van der Waals surface area contributed by atoms with Crippen LogP contribution in [0.2, 0.25) is 0 Å². The van der Waals surface area contributed by atoms with Crippen molar-refractivity contribution in [2.24, 2.45) is 0 Å². The number of nitrogens with zero attached hydrogens (tertiary/aromatic N) is 2. The number of nitriles is 1. The van der Waals surface area contributed by atoms with E-state index in [4.69, 9.17) is 5.26 Å². The van der Waals surface area contributed by atoms with Gasteiger partial charge in [-0.05, 0) is 6.42 Å². The van der Waals surface area contributed by atoms with Crippen LogP contribution in [0.3, 0.4) is 0 Å². The lowest BCUT2D eigenvalue weighted by Gasteiger charge is -1.96. The average Bonchev–Trinajstić information content (AvgIpc) is 2.61. The van der Waals surface area contributed by atoms with Crippen LogP contribution in [0.15, 0.2) is 0 Å². The molecule has 1 rings (SSSR count). The first kappa shape index (κ1) is 14.1. The molecule has 0 fully saturated rings. The Balaban J connectivity index is 2.96. The minimum Gasteiger partial charge on any atom is -0.245 e. The van der Waals surface area contributed by atoms with Gasteiger partial charge in [0.15, 0.2) is 9.84 Å². The number of rotatable bonds is 6. The Morgan fingerprint density at radius 1 is 1.41 bits per heavy atom. The van der Waals surface area contributed by atoms with Crippen molar-refractivity contribution in [3.63, 3.8) is 0 Å². The minimum atomic E-state index is -3.04. The molecule has 0 atom stereocenters. The number of thiazole rings is 1. The number of hydrogen-bond donors (Lipinski definition) is 0. The van der Waals surface area contributed by atoms with E-state index in [1.165, 1.54) is 11.3 Å². The molecular formula is C11H16N2O2S2. The van der Waals surface area contributed by atoms with Crippen molar-refractivity contribution in [3.05, 3.63) is 15.6 Å². The monoisotopic (exact) mass is 272 g/mol. The quantitative estimate of drug-likeness (QED) is 0.795. The molecule has 0 spiro atoms. The summed E-state index contributed by atoms with van der Waals surface area (Å²) in [5.41, 5.74) is 0.889. The summed E-state index contributed by atoms with van der Waals surface area (Å²) in [4.78, 5) is 5.25. The predicted octanol–water partition coefficient (Wildman–Crippen LogP) is 2.10. The summed E-state index contributed by atoms with van der Waals surface area (Å²) in [6.07, 6.45) is 2.07. The molecule has 0 aliphatic carbocycles. The lowest BCUT2D eigenvalue weighted by molar-refractivity contribution is 0.596. The fourth-order valence-electron chi connectivity index (χ4n) is 1.43. The molecule has 6 heteroatoms. The molecule has 0 N–H and O–H groups in total. The van der Waals surface area contributed by atoms with Gasteiger partial charge in [0.25, 0.3) is 0 Å². The van der Waals surface area contributed by atoms with Crippen molar-refractivity contribution >= 4 is 21.2 Å². The normalized spacial score (nSPS) is 11.4. The minimum absolute atomic E-state index is 0.00366. The Kier molecular flexibility index (Phi) is 5.09. The molecule has 0 bridgehead atoms. The third-order valence-corrected chi connectivity index (χ3v) is 5.21. The maximum Gasteiger partial charge on any atom is 0.156 e. The molecule has 0 aliphatic rings. The van der Waals surface area contributed by atoms with Gasteiger partial charge in [-0.15, -0.1) is 11.3 Å². The summed E-state index contributed by atoms with van der Waals surface area (Å²) in [5, 5.41) is 9.32. The highest BCUT2D eigenvalue weighted by atomic mass is 32.2. The van der Waals surface area contributed by atoms with E-state index in [-0.39, 0.29) is 11.5 Å². The smallest absolute Gasteiger partial charge is 0.156 e. The summed E-state index contributed by atoms with van der Waals surface area (Å²) in [6, 6.07) is 2.09. The Bertz CT molecular complexity index is 512. The van der Waals surface area contributed by atoms with Gasteiger partial charge in [0.2, 0.25) is 0 Å². The van der Waals surface area contributed by atoms with Gasteiger partial charge in [0.1, 0.15) is 10.8 Å². The highest BCUT2D eigenvalue weighted by molar-refractivity contribution is 7.90. The maximum atomic E-state index is 11.5. The Hall–Kier alpha value is -0.930. The second-order valence-electron chi connectivity index (χ2n) is 3.74. The zero-order valence-electron chi connectivity index (χ0n) is 10.1. The van der Waals surface area contributed by atoms with Crippen LogP contribution in [0.1, 0.15) is 35.8 Å². The van der Waals surface area contributed by atoms with Crippen molar-refractivity contribution in [1.29, 1.82) is 5.26 Å². The molecule has 4 nitrogen and oxygen atoms in total. The highest BCUT2D eigenvalue weighted by Crippen LogP contribution is 2.22. The summed E-state index contributed by atoms with van der Waals surface area (Å²) < 4.78 is 23.0. The van der Waals surface area contributed by atoms with Crippen molar-refractivity contribution < 1.29 is 8.42 Å². The van der Waals surface area contributed by atoms with Crippen LogP contribution in [0.25, 0.3) is 0 Å². The van der Waals surface area contributed by atoms with Crippen LogP contribution in [0, 0.1) is 11.3 Å². The van der Waals surface area contributed by atoms with E-state index in [0.717, 1.165) is 23.4 Å². The topological polar surface area (TPSA) is 70.8 Å². The molecule has 17 heavy (non-hydrogen) atoms. The molecule has 1 aromatic heterocycles. The first-order chi connectivity index (χ1) is 8.02. The van der Waals surface area contributed by atoms with E-state index in [0.29, 0.717) is 11.4 Å². The molecule has 1 aromatic rings. The van der Waals surface area contributed by atoms with Gasteiger partial charge >= 0.3 is 0 Å². The molecule has 0 unspecified atom stereocenters. The zero-order chi connectivity index (χ0) is 12.9. The SMILES string of the molecule is CCCc1nc(CS(=O)(=O)CC)sc1CC#N. The third-order valence-electron chi connectivity index (χ3n) is 2.33. The van der Waals surface area contributed by atoms with Crippen molar-refractivity contribution in [2.75, 3.05) is 5.75 Å². The number of sulfone groups is 1. The van der Waals surface area contributed by atoms with Crippen molar-refractivity contribution in [3.8, 4) is 6.07 Å². The van der Waals surface area contributed by atoms with Gasteiger partial charge in [-0.25, -0.2) is 13.4 Å². The Morgan fingerprint density at radius 2 is 2.12 bits per heavy atom. The Labute approximate surface area is 106 Å². The van der Waals surface area contributed by atoms with Crippen molar-refractivity contribution in [1.82, 2.24) is 4.98 Å². The summed E-state index contributed by atoms with van der Waals surface area (Å²) in [5.74, 6) is 0.125. The summed E-state index contributed by atoms with van der Waals surface area (Å²) in [7, 11) is -3.04. The van der Waals surface area contributed by atoms with E-state index in [1.807, 2.05) is 6.92 Å². The molecule has 0 radical (unpaired) electrons. The van der Waals surface area contributed by atoms with E-state index >= 15 is 0 Å². The van der Waals surface area contributed by atoms with Gasteiger partial charge in [-0.2, -0.15) is 5.26 Å². The molecule has 94 valence electrons. The van der Waals surface area contributed by atoms with E-state index < -0.39 is 9.84 Å². The van der Waals surface area contributed by atoms with Gasteiger partial charge in [0.05, 0.1) is 18.2 Å². The molecule has 0 saturated heterocycles. The summed E-state index contributed by atoms with van der Waals surface area (Å²) in [6.45, 7) is 3.67. The van der Waals surface area contributed by atoms with Crippen LogP contribution >= 0.6 is 11.3 Å². The lowest BCUT2D eigenvalue weighted by Crippen LogP contribution is -2.06. The highest BCUT2D eigenvalue weighted by Gasteiger charge is 2.15. The van der Waals surface area contributed by atoms with Crippen LogP contribution in [-0.4, -0.2) is 19.2 Å². The van der Waals surface area contributed by atoms with Crippen LogP contribution in [0.5, 0.6) is 0 Å². The fraction of sp³-hybridized carbons (Fsp3) is 0.636. The van der Waals surface area contributed by atoms with E-state index in [2.05, 4.69) is 11.1 Å². The molecule has 0 aromatic carbocycles. The predicted molar refractivity (Wildman–Crippen MR) is 68.6 cm³/mol. The van der Waals surface area contributed by atoms with E-state index in [1.54, 1.807) is 6.92 Å². The third kappa shape index (κ3) is 4.10. The van der Waals surface area contributed by atoms with Crippen molar-refractivity contribution in [2.45, 2.75) is 38.9 Å². The fourth-order valence-corrected chi connectivity index (χ4v) is 3.69. The van der Waals surface area contributed by atoms with Gasteiger partial charge in [-0.3, -0.25) is 0 Å². The molecule has 0 saturated carbocycles. The number of aryl methyl sites for hydroxylation is 1. The van der Waals surface area contributed by atoms with Gasteiger partial charge in [0, 0.05) is 10.6 Å². The first-order valence-electron chi connectivity index (χ1n) is 5.57. The number of hydrogen-bond acceptors (Lipinski definition) is 5. The van der Waals surface area contributed by atoms with Gasteiger partial charge < -0.3 is 0 Å². The lowest BCUT2D eigenvalue weighted by atomic mass is 10.2.